The molecule has 2 aliphatic rings. The molecular formula is C31H27F3N2O5S. The molecule has 3 unspecified atom stereocenters. The van der Waals surface area contributed by atoms with Crippen molar-refractivity contribution in [1.82, 2.24) is 0 Å². The van der Waals surface area contributed by atoms with Gasteiger partial charge in [0.15, 0.2) is 5.78 Å². The van der Waals surface area contributed by atoms with E-state index in [1.54, 1.807) is 31.4 Å². The largest absolute Gasteiger partial charge is 0.465 e. The average Bonchev–Trinajstić information content (AvgIpc) is 3.49. The number of nitrogens with two attached hydrogens (primary N) is 1. The average molecular weight is 597 g/mol. The minimum Gasteiger partial charge on any atom is -0.465 e. The van der Waals surface area contributed by atoms with Crippen molar-refractivity contribution in [2.24, 2.45) is 11.7 Å². The molecule has 0 saturated carbocycles. The van der Waals surface area contributed by atoms with Crippen LogP contribution in [0.3, 0.4) is 0 Å². The van der Waals surface area contributed by atoms with Gasteiger partial charge in [0.2, 0.25) is 0 Å². The zero-order chi connectivity index (χ0) is 30.1. The predicted octanol–water partition coefficient (Wildman–Crippen LogP) is 5.69. The lowest BCUT2D eigenvalue weighted by Crippen LogP contribution is -2.46. The molecule has 0 fully saturated rings. The normalized spacial score (nSPS) is 20.5. The first-order chi connectivity index (χ1) is 20.2. The summed E-state index contributed by atoms with van der Waals surface area (Å²) in [4.78, 5) is 43.3. The number of halogens is 3. The minimum atomic E-state index is -1.28. The number of nitrogens with zero attached hydrogens (tertiary/aromatic N) is 1. The summed E-state index contributed by atoms with van der Waals surface area (Å²) < 4.78 is 54.0. The number of allylic oxidation sites excluding steroid dienone is 2. The topological polar surface area (TPSA) is 98.9 Å². The third kappa shape index (κ3) is 5.09. The van der Waals surface area contributed by atoms with Crippen LogP contribution in [-0.2, 0) is 23.9 Å². The summed E-state index contributed by atoms with van der Waals surface area (Å²) in [5, 5.41) is 1.80. The Morgan fingerprint density at radius 1 is 1.00 bits per heavy atom. The second-order valence-corrected chi connectivity index (χ2v) is 10.7. The van der Waals surface area contributed by atoms with Gasteiger partial charge in [-0.25, -0.2) is 18.0 Å². The summed E-state index contributed by atoms with van der Waals surface area (Å²) in [7, 11) is 0. The number of hydrogen-bond acceptors (Lipinski definition) is 8. The van der Waals surface area contributed by atoms with E-state index in [1.807, 2.05) is 0 Å². The fourth-order valence-electron chi connectivity index (χ4n) is 5.64. The highest BCUT2D eigenvalue weighted by Crippen LogP contribution is 2.52. The molecule has 1 aliphatic heterocycles. The van der Waals surface area contributed by atoms with Gasteiger partial charge in [0.05, 0.1) is 30.4 Å². The number of anilines is 1. The number of carbonyl (C=O) groups is 3. The van der Waals surface area contributed by atoms with Gasteiger partial charge in [-0.15, -0.1) is 11.3 Å². The summed E-state index contributed by atoms with van der Waals surface area (Å²) in [6, 6.07) is 11.6. The molecule has 0 amide bonds. The van der Waals surface area contributed by atoms with Crippen molar-refractivity contribution in [3.05, 3.63) is 111 Å². The number of ether oxygens (including phenoxy) is 2. The Hall–Kier alpha value is -4.38. The molecule has 0 bridgehead atoms. The SMILES string of the molecule is CCOC(=O)C1=C(N)N(c2ccc(F)cc2F)C2=C(C(=O)C(C(=O)OCC)C(c3cccs3)C2)C1c1ccc(F)cc1. The third-order valence-electron chi connectivity index (χ3n) is 7.34. The Morgan fingerprint density at radius 3 is 2.31 bits per heavy atom. The van der Waals surface area contributed by atoms with Gasteiger partial charge in [-0.05, 0) is 61.5 Å². The Bertz CT molecular complexity index is 1600. The van der Waals surface area contributed by atoms with Gasteiger partial charge in [-0.3, -0.25) is 14.5 Å². The van der Waals surface area contributed by atoms with Crippen LogP contribution in [0.4, 0.5) is 18.9 Å². The summed E-state index contributed by atoms with van der Waals surface area (Å²) in [5.41, 5.74) is 6.80. The Balaban J connectivity index is 1.83. The summed E-state index contributed by atoms with van der Waals surface area (Å²) in [5.74, 6) is -8.05. The molecule has 11 heteroatoms. The number of thiophene rings is 1. The third-order valence-corrected chi connectivity index (χ3v) is 8.34. The van der Waals surface area contributed by atoms with E-state index in [1.165, 1.54) is 40.5 Å². The fourth-order valence-corrected chi connectivity index (χ4v) is 6.50. The molecular weight excluding hydrogens is 569 g/mol. The monoisotopic (exact) mass is 596 g/mol. The molecule has 1 aliphatic carbocycles. The van der Waals surface area contributed by atoms with Crippen LogP contribution in [0.1, 0.15) is 42.5 Å². The molecule has 2 aromatic carbocycles. The number of ketones is 1. The highest BCUT2D eigenvalue weighted by molar-refractivity contribution is 7.10. The van der Waals surface area contributed by atoms with Crippen LogP contribution in [0.2, 0.25) is 0 Å². The molecule has 2 heterocycles. The van der Waals surface area contributed by atoms with Crippen molar-refractivity contribution < 1.29 is 37.0 Å². The molecule has 7 nitrogen and oxygen atoms in total. The second kappa shape index (κ2) is 11.8. The molecule has 42 heavy (non-hydrogen) atoms. The quantitative estimate of drug-likeness (QED) is 0.276. The Labute approximate surface area is 244 Å². The summed E-state index contributed by atoms with van der Waals surface area (Å²) >= 11 is 1.34. The van der Waals surface area contributed by atoms with E-state index in [9.17, 15) is 23.2 Å². The highest BCUT2D eigenvalue weighted by Gasteiger charge is 2.51. The van der Waals surface area contributed by atoms with Crippen molar-refractivity contribution in [2.45, 2.75) is 32.1 Å². The van der Waals surface area contributed by atoms with Crippen LogP contribution >= 0.6 is 11.3 Å². The number of carbonyl (C=O) groups excluding carboxylic acids is 3. The maximum atomic E-state index is 15.4. The Morgan fingerprint density at radius 2 is 1.69 bits per heavy atom. The van der Waals surface area contributed by atoms with Crippen LogP contribution in [0, 0.1) is 23.4 Å². The molecule has 0 radical (unpaired) electrons. The summed E-state index contributed by atoms with van der Waals surface area (Å²) in [6.45, 7) is 3.20. The van der Waals surface area contributed by atoms with Gasteiger partial charge in [0.25, 0.3) is 0 Å². The molecule has 3 atom stereocenters. The van der Waals surface area contributed by atoms with E-state index in [0.29, 0.717) is 16.5 Å². The van der Waals surface area contributed by atoms with Gasteiger partial charge in [0, 0.05) is 28.1 Å². The minimum absolute atomic E-state index is 0.00607. The standard InChI is InChI=1S/C31H27F3N2O5S/c1-3-40-30(38)25-19(23-6-5-13-42-23)15-22-26(28(25)37)24(16-7-9-17(32)10-8-16)27(31(39)41-4-2)29(35)36(22)21-12-11-18(33)14-20(21)34/h5-14,19,24-25H,3-4,15,35H2,1-2H3. The van der Waals surface area contributed by atoms with E-state index in [-0.39, 0.29) is 48.0 Å². The van der Waals surface area contributed by atoms with Crippen LogP contribution in [0.25, 0.3) is 0 Å². The number of hydrogen-bond donors (Lipinski definition) is 1. The number of benzene rings is 2. The first-order valence-electron chi connectivity index (χ1n) is 13.3. The van der Waals surface area contributed by atoms with Crippen molar-refractivity contribution in [3.63, 3.8) is 0 Å². The maximum Gasteiger partial charge on any atom is 0.338 e. The zero-order valence-electron chi connectivity index (χ0n) is 22.7. The van der Waals surface area contributed by atoms with Crippen molar-refractivity contribution in [2.75, 3.05) is 18.1 Å². The molecule has 0 saturated heterocycles. The molecule has 5 rings (SSSR count). The van der Waals surface area contributed by atoms with Crippen molar-refractivity contribution in [1.29, 1.82) is 0 Å². The highest BCUT2D eigenvalue weighted by atomic mass is 32.1. The smallest absolute Gasteiger partial charge is 0.338 e. The lowest BCUT2D eigenvalue weighted by atomic mass is 9.68. The number of rotatable bonds is 7. The van der Waals surface area contributed by atoms with E-state index in [4.69, 9.17) is 15.2 Å². The number of esters is 2. The van der Waals surface area contributed by atoms with Crippen LogP contribution in [0.15, 0.2) is 82.6 Å². The van der Waals surface area contributed by atoms with Gasteiger partial charge < -0.3 is 15.2 Å². The van der Waals surface area contributed by atoms with E-state index in [2.05, 4.69) is 0 Å². The first-order valence-corrected chi connectivity index (χ1v) is 14.2. The predicted molar refractivity (Wildman–Crippen MR) is 150 cm³/mol. The Kier molecular flexibility index (Phi) is 8.22. The lowest BCUT2D eigenvalue weighted by Gasteiger charge is -2.43. The van der Waals surface area contributed by atoms with E-state index in [0.717, 1.165) is 12.1 Å². The van der Waals surface area contributed by atoms with Gasteiger partial charge in [-0.2, -0.15) is 0 Å². The first kappa shape index (κ1) is 29.1. The van der Waals surface area contributed by atoms with Crippen LogP contribution in [0.5, 0.6) is 0 Å². The van der Waals surface area contributed by atoms with E-state index >= 15 is 4.39 Å². The van der Waals surface area contributed by atoms with Crippen LogP contribution < -0.4 is 10.6 Å². The van der Waals surface area contributed by atoms with Gasteiger partial charge >= 0.3 is 11.9 Å². The molecule has 1 aromatic heterocycles. The van der Waals surface area contributed by atoms with Crippen molar-refractivity contribution >= 4 is 34.7 Å². The fraction of sp³-hybridized carbons (Fsp3) is 0.258. The number of Topliss-reactive ketones (excluding diaryl/α,β-unsaturated/α-hetero) is 1. The molecule has 0 spiro atoms. The van der Waals surface area contributed by atoms with E-state index < -0.39 is 52.9 Å². The lowest BCUT2D eigenvalue weighted by molar-refractivity contribution is -0.152. The summed E-state index contributed by atoms with van der Waals surface area (Å²) in [6.07, 6.45) is 0.0242. The van der Waals surface area contributed by atoms with Crippen molar-refractivity contribution in [3.8, 4) is 0 Å². The molecule has 3 aromatic rings. The zero-order valence-corrected chi connectivity index (χ0v) is 23.6. The molecule has 218 valence electrons. The van der Waals surface area contributed by atoms with Gasteiger partial charge in [-0.1, -0.05) is 18.2 Å². The van der Waals surface area contributed by atoms with Crippen LogP contribution in [-0.4, -0.2) is 30.9 Å². The second-order valence-electron chi connectivity index (χ2n) is 9.72. The van der Waals surface area contributed by atoms with Gasteiger partial charge in [0.1, 0.15) is 29.2 Å². The molecule has 2 N–H and O–H groups in total. The maximum absolute atomic E-state index is 15.4.